The molecule has 2 atom stereocenters. The van der Waals surface area contributed by atoms with Gasteiger partial charge in [0.15, 0.2) is 0 Å². The van der Waals surface area contributed by atoms with Crippen LogP contribution in [0.1, 0.15) is 22.8 Å². The molecule has 0 heterocycles. The van der Waals surface area contributed by atoms with E-state index in [9.17, 15) is 5.11 Å². The van der Waals surface area contributed by atoms with E-state index in [2.05, 4.69) is 36.4 Å². The minimum absolute atomic E-state index is 0.0371. The largest absolute Gasteiger partial charge is 0.387 e. The van der Waals surface area contributed by atoms with E-state index in [1.807, 2.05) is 42.5 Å². The number of fused-ring (bicyclic) bond motifs is 1. The number of aliphatic hydroxyl groups is 1. The summed E-state index contributed by atoms with van der Waals surface area (Å²) < 4.78 is 0. The number of hydrogen-bond acceptors (Lipinski definition) is 1. The highest BCUT2D eigenvalue weighted by Crippen LogP contribution is 2.32. The van der Waals surface area contributed by atoms with Gasteiger partial charge < -0.3 is 5.11 Å². The summed E-state index contributed by atoms with van der Waals surface area (Å²) in [6, 6.07) is 18.1. The molecule has 1 N–H and O–H groups in total. The summed E-state index contributed by atoms with van der Waals surface area (Å²) in [6.07, 6.45) is 7.81. The van der Waals surface area contributed by atoms with Gasteiger partial charge in [0.2, 0.25) is 0 Å². The lowest BCUT2D eigenvalue weighted by molar-refractivity contribution is 0.150. The standard InChI is InChI=1S/C18H16O/c19-18-16(11-10-14-6-2-1-3-7-14)13-12-15-8-4-5-9-17(15)18/h1-13,16,18-19H/b11-10+/t16-,18-/m0/s1. The van der Waals surface area contributed by atoms with Crippen LogP contribution in [-0.4, -0.2) is 5.11 Å². The summed E-state index contributed by atoms with van der Waals surface area (Å²) in [4.78, 5) is 0. The monoisotopic (exact) mass is 248 g/mol. The molecule has 0 saturated carbocycles. The second-order valence-corrected chi connectivity index (χ2v) is 4.78. The third-order valence-electron chi connectivity index (χ3n) is 3.49. The summed E-state index contributed by atoms with van der Waals surface area (Å²) in [7, 11) is 0. The zero-order chi connectivity index (χ0) is 13.1. The lowest BCUT2D eigenvalue weighted by Crippen LogP contribution is -2.12. The van der Waals surface area contributed by atoms with Gasteiger partial charge in [-0.25, -0.2) is 0 Å². The Labute approximate surface area is 113 Å². The molecule has 94 valence electrons. The molecule has 0 fully saturated rings. The van der Waals surface area contributed by atoms with Crippen LogP contribution >= 0.6 is 0 Å². The van der Waals surface area contributed by atoms with Gasteiger partial charge in [-0.2, -0.15) is 0 Å². The molecule has 19 heavy (non-hydrogen) atoms. The van der Waals surface area contributed by atoms with Crippen LogP contribution in [-0.2, 0) is 0 Å². The van der Waals surface area contributed by atoms with Crippen molar-refractivity contribution in [2.24, 2.45) is 5.92 Å². The maximum absolute atomic E-state index is 10.4. The van der Waals surface area contributed by atoms with Crippen molar-refractivity contribution in [1.29, 1.82) is 0 Å². The molecule has 0 spiro atoms. The van der Waals surface area contributed by atoms with Crippen molar-refractivity contribution in [3.05, 3.63) is 83.4 Å². The van der Waals surface area contributed by atoms with Crippen molar-refractivity contribution in [2.75, 3.05) is 0 Å². The van der Waals surface area contributed by atoms with Crippen LogP contribution in [0.4, 0.5) is 0 Å². The SMILES string of the molecule is O[C@@H]1c2ccccc2C=C[C@@H]1/C=C/c1ccccc1. The molecular formula is C18H16O. The summed E-state index contributed by atoms with van der Waals surface area (Å²) in [6.45, 7) is 0. The second-order valence-electron chi connectivity index (χ2n) is 4.78. The lowest BCUT2D eigenvalue weighted by atomic mass is 9.86. The van der Waals surface area contributed by atoms with E-state index in [1.165, 1.54) is 0 Å². The summed E-state index contributed by atoms with van der Waals surface area (Å²) in [5, 5.41) is 10.4. The first kappa shape index (κ1) is 11.9. The van der Waals surface area contributed by atoms with Crippen molar-refractivity contribution in [3.63, 3.8) is 0 Å². The highest BCUT2D eigenvalue weighted by Gasteiger charge is 2.21. The average molecular weight is 248 g/mol. The molecule has 3 rings (SSSR count). The normalized spacial score (nSPS) is 21.5. The Morgan fingerprint density at radius 2 is 1.63 bits per heavy atom. The number of hydrogen-bond donors (Lipinski definition) is 1. The molecule has 1 nitrogen and oxygen atoms in total. The number of aliphatic hydroxyl groups excluding tert-OH is 1. The van der Waals surface area contributed by atoms with E-state index < -0.39 is 6.10 Å². The van der Waals surface area contributed by atoms with Crippen molar-refractivity contribution >= 4 is 12.2 Å². The predicted molar refractivity (Wildman–Crippen MR) is 79.4 cm³/mol. The fourth-order valence-electron chi connectivity index (χ4n) is 2.42. The fourth-order valence-corrected chi connectivity index (χ4v) is 2.42. The Morgan fingerprint density at radius 3 is 2.47 bits per heavy atom. The van der Waals surface area contributed by atoms with Gasteiger partial charge in [-0.3, -0.25) is 0 Å². The van der Waals surface area contributed by atoms with Gasteiger partial charge in [0, 0.05) is 5.92 Å². The molecule has 2 aromatic rings. The molecule has 0 aliphatic heterocycles. The quantitative estimate of drug-likeness (QED) is 0.849. The van der Waals surface area contributed by atoms with Crippen molar-refractivity contribution in [3.8, 4) is 0 Å². The molecule has 1 aliphatic carbocycles. The molecule has 1 aliphatic rings. The van der Waals surface area contributed by atoms with Crippen molar-refractivity contribution in [1.82, 2.24) is 0 Å². The fraction of sp³-hybridized carbons (Fsp3) is 0.111. The first-order valence-corrected chi connectivity index (χ1v) is 6.53. The van der Waals surface area contributed by atoms with E-state index in [4.69, 9.17) is 0 Å². The minimum atomic E-state index is -0.457. The van der Waals surface area contributed by atoms with Crippen LogP contribution in [0.5, 0.6) is 0 Å². The van der Waals surface area contributed by atoms with Crippen LogP contribution in [0.25, 0.3) is 12.2 Å². The molecule has 0 radical (unpaired) electrons. The second kappa shape index (κ2) is 5.25. The Morgan fingerprint density at radius 1 is 0.895 bits per heavy atom. The highest BCUT2D eigenvalue weighted by atomic mass is 16.3. The third-order valence-corrected chi connectivity index (χ3v) is 3.49. The molecule has 1 heteroatoms. The maximum atomic E-state index is 10.4. The molecular weight excluding hydrogens is 232 g/mol. The molecule has 0 unspecified atom stereocenters. The van der Waals surface area contributed by atoms with Crippen LogP contribution in [0, 0.1) is 5.92 Å². The number of rotatable bonds is 2. The van der Waals surface area contributed by atoms with Gasteiger partial charge in [0.25, 0.3) is 0 Å². The van der Waals surface area contributed by atoms with E-state index in [1.54, 1.807) is 0 Å². The molecule has 0 bridgehead atoms. The minimum Gasteiger partial charge on any atom is -0.387 e. The molecule has 2 aromatic carbocycles. The van der Waals surface area contributed by atoms with Crippen LogP contribution in [0.2, 0.25) is 0 Å². The third kappa shape index (κ3) is 2.51. The topological polar surface area (TPSA) is 20.2 Å². The van der Waals surface area contributed by atoms with E-state index in [0.29, 0.717) is 0 Å². The molecule has 0 amide bonds. The summed E-state index contributed by atoms with van der Waals surface area (Å²) >= 11 is 0. The van der Waals surface area contributed by atoms with Crippen molar-refractivity contribution < 1.29 is 5.11 Å². The zero-order valence-corrected chi connectivity index (χ0v) is 10.6. The maximum Gasteiger partial charge on any atom is 0.0893 e. The van der Waals surface area contributed by atoms with Crippen LogP contribution < -0.4 is 0 Å². The van der Waals surface area contributed by atoms with Crippen LogP contribution in [0.3, 0.4) is 0 Å². The van der Waals surface area contributed by atoms with Gasteiger partial charge in [-0.15, -0.1) is 0 Å². The number of benzene rings is 2. The van der Waals surface area contributed by atoms with Crippen LogP contribution in [0.15, 0.2) is 66.7 Å². The van der Waals surface area contributed by atoms with Gasteiger partial charge >= 0.3 is 0 Å². The van der Waals surface area contributed by atoms with E-state index in [-0.39, 0.29) is 5.92 Å². The highest BCUT2D eigenvalue weighted by molar-refractivity contribution is 5.60. The predicted octanol–water partition coefficient (Wildman–Crippen LogP) is 4.08. The zero-order valence-electron chi connectivity index (χ0n) is 10.6. The van der Waals surface area contributed by atoms with E-state index >= 15 is 0 Å². The van der Waals surface area contributed by atoms with Gasteiger partial charge in [0.1, 0.15) is 0 Å². The first-order valence-electron chi connectivity index (χ1n) is 6.53. The van der Waals surface area contributed by atoms with Gasteiger partial charge in [-0.05, 0) is 16.7 Å². The molecule has 0 saturated heterocycles. The smallest absolute Gasteiger partial charge is 0.0893 e. The Balaban J connectivity index is 1.83. The lowest BCUT2D eigenvalue weighted by Gasteiger charge is -2.23. The van der Waals surface area contributed by atoms with Crippen molar-refractivity contribution in [2.45, 2.75) is 6.10 Å². The first-order chi connectivity index (χ1) is 9.34. The Bertz CT molecular complexity index is 611. The summed E-state index contributed by atoms with van der Waals surface area (Å²) in [5.41, 5.74) is 3.27. The summed E-state index contributed by atoms with van der Waals surface area (Å²) in [5.74, 6) is 0.0371. The molecule has 0 aromatic heterocycles. The van der Waals surface area contributed by atoms with Gasteiger partial charge in [0.05, 0.1) is 6.10 Å². The van der Waals surface area contributed by atoms with E-state index in [0.717, 1.165) is 16.7 Å². The Kier molecular flexibility index (Phi) is 3.30. The Hall–Kier alpha value is -2.12. The average Bonchev–Trinajstić information content (AvgIpc) is 2.48. The van der Waals surface area contributed by atoms with Gasteiger partial charge in [-0.1, -0.05) is 78.9 Å².